The number of aromatic nitrogens is 5. The lowest BCUT2D eigenvalue weighted by Gasteiger charge is -2.31. The molecule has 6 heterocycles. The molecule has 0 bridgehead atoms. The van der Waals surface area contributed by atoms with E-state index in [1.165, 1.54) is 23.4 Å². The number of amides is 1. The van der Waals surface area contributed by atoms with Crippen LogP contribution in [0.3, 0.4) is 0 Å². The molecule has 0 saturated carbocycles. The standard InChI is InChI=1S/C34H31Cl2F3N10O2S/c1-16-8-18(46(2)33(50)49-15-42-31(36)45-49)13-48(16)30-20-9-22(35)25(19-4-5-23(38)28-24(19)21(11-40)29(41)52-28)26(39)27(20)43-32(44-30)51-14-34-6-3-7-47(34)12-17(37)10-34/h4-5,9,15-18H,3,6-8,10,12-14,41H2,1-2H3/t16?,17-,18?,34+/m1/s1. The number of hydrogen-bond donors (Lipinski definition) is 1. The van der Waals surface area contributed by atoms with Crippen LogP contribution in [0, 0.1) is 23.0 Å². The predicted octanol–water partition coefficient (Wildman–Crippen LogP) is 6.66. The van der Waals surface area contributed by atoms with Gasteiger partial charge in [-0.2, -0.15) is 19.9 Å². The maximum atomic E-state index is 17.1. The van der Waals surface area contributed by atoms with Gasteiger partial charge in [0, 0.05) is 48.9 Å². The third-order valence-electron chi connectivity index (χ3n) is 10.6. The first-order valence-electron chi connectivity index (χ1n) is 16.6. The second-order valence-electron chi connectivity index (χ2n) is 13.6. The normalized spacial score (nSPS) is 23.1. The fraction of sp³-hybridized carbons (Fsp3) is 0.412. The van der Waals surface area contributed by atoms with Gasteiger partial charge in [-0.15, -0.1) is 16.4 Å². The number of benzene rings is 2. The number of nitrogen functional groups attached to an aromatic ring is 1. The smallest absolute Gasteiger partial charge is 0.346 e. The molecule has 8 rings (SSSR count). The van der Waals surface area contributed by atoms with Crippen LogP contribution in [0.1, 0.15) is 38.2 Å². The van der Waals surface area contributed by atoms with Gasteiger partial charge in [-0.05, 0) is 62.0 Å². The number of nitrogens with zero attached hydrogens (tertiary/aromatic N) is 9. The average Bonchev–Trinajstić information content (AvgIpc) is 3.93. The van der Waals surface area contributed by atoms with Crippen LogP contribution in [0.15, 0.2) is 24.5 Å². The van der Waals surface area contributed by atoms with E-state index >= 15 is 4.39 Å². The maximum absolute atomic E-state index is 17.1. The largest absolute Gasteiger partial charge is 0.461 e. The third kappa shape index (κ3) is 5.56. The summed E-state index contributed by atoms with van der Waals surface area (Å²) in [6.07, 6.45) is 2.75. The fourth-order valence-electron chi connectivity index (χ4n) is 8.08. The minimum Gasteiger partial charge on any atom is -0.461 e. The minimum absolute atomic E-state index is 0.0179. The van der Waals surface area contributed by atoms with Gasteiger partial charge in [-0.3, -0.25) is 4.90 Å². The molecule has 270 valence electrons. The van der Waals surface area contributed by atoms with Gasteiger partial charge in [0.1, 0.15) is 47.3 Å². The Balaban J connectivity index is 1.24. The number of alkyl halides is 1. The van der Waals surface area contributed by atoms with Crippen LogP contribution < -0.4 is 15.4 Å². The molecular formula is C34H31Cl2F3N10O2S. The molecule has 3 fully saturated rings. The number of carbonyl (C=O) groups excluding carboxylic acids is 1. The zero-order chi connectivity index (χ0) is 36.6. The van der Waals surface area contributed by atoms with Crippen molar-refractivity contribution in [1.29, 1.82) is 5.26 Å². The summed E-state index contributed by atoms with van der Waals surface area (Å²) >= 11 is 13.6. The van der Waals surface area contributed by atoms with Crippen LogP contribution in [0.2, 0.25) is 10.3 Å². The molecule has 3 aliphatic rings. The lowest BCUT2D eigenvalue weighted by molar-refractivity contribution is 0.107. The average molecular weight is 772 g/mol. The molecule has 52 heavy (non-hydrogen) atoms. The summed E-state index contributed by atoms with van der Waals surface area (Å²) < 4.78 is 54.1. The maximum Gasteiger partial charge on any atom is 0.346 e. The van der Waals surface area contributed by atoms with Gasteiger partial charge in [-0.1, -0.05) is 17.7 Å². The molecule has 0 spiro atoms. The van der Waals surface area contributed by atoms with E-state index in [0.717, 1.165) is 35.4 Å². The number of halogens is 5. The lowest BCUT2D eigenvalue weighted by atomic mass is 9.95. The number of ether oxygens (including phenoxy) is 1. The van der Waals surface area contributed by atoms with Crippen molar-refractivity contribution in [2.45, 2.75) is 56.4 Å². The van der Waals surface area contributed by atoms with E-state index in [9.17, 15) is 18.8 Å². The first-order chi connectivity index (χ1) is 24.9. The number of hydrogen-bond acceptors (Lipinski definition) is 11. The molecule has 3 aromatic heterocycles. The predicted molar refractivity (Wildman–Crippen MR) is 192 cm³/mol. The summed E-state index contributed by atoms with van der Waals surface area (Å²) in [7, 11) is 1.65. The van der Waals surface area contributed by atoms with Crippen LogP contribution in [-0.4, -0.2) is 97.6 Å². The highest BCUT2D eigenvalue weighted by atomic mass is 35.5. The molecular weight excluding hydrogens is 740 g/mol. The van der Waals surface area contributed by atoms with Crippen LogP contribution >= 0.6 is 34.5 Å². The van der Waals surface area contributed by atoms with E-state index in [2.05, 4.69) is 20.0 Å². The van der Waals surface area contributed by atoms with Crippen molar-refractivity contribution in [3.8, 4) is 23.2 Å². The molecule has 4 atom stereocenters. The van der Waals surface area contributed by atoms with E-state index in [0.29, 0.717) is 31.7 Å². The summed E-state index contributed by atoms with van der Waals surface area (Å²) in [5.41, 5.74) is 5.54. The molecule has 12 nitrogen and oxygen atoms in total. The highest BCUT2D eigenvalue weighted by molar-refractivity contribution is 7.23. The SMILES string of the molecule is CC1CC(N(C)C(=O)n2cnc(Cl)n2)CN1c1nc(OC[C@@]23CCCN2C[C@H](F)C3)nc2c(F)c(-c3ccc(F)c4sc(N)c(C#N)c34)c(Cl)cc12. The van der Waals surface area contributed by atoms with Crippen molar-refractivity contribution in [3.05, 3.63) is 52.0 Å². The molecule has 3 saturated heterocycles. The molecule has 2 aromatic carbocycles. The van der Waals surface area contributed by atoms with Crippen LogP contribution in [0.4, 0.5) is 28.8 Å². The number of carbonyl (C=O) groups is 1. The topological polar surface area (TPSA) is 142 Å². The van der Waals surface area contributed by atoms with Crippen LogP contribution in [0.25, 0.3) is 32.1 Å². The van der Waals surface area contributed by atoms with E-state index in [1.54, 1.807) is 13.1 Å². The molecule has 5 aromatic rings. The first-order valence-corrected chi connectivity index (χ1v) is 18.2. The van der Waals surface area contributed by atoms with Gasteiger partial charge in [0.15, 0.2) is 5.82 Å². The van der Waals surface area contributed by atoms with Gasteiger partial charge in [-0.25, -0.2) is 22.9 Å². The quantitative estimate of drug-likeness (QED) is 0.199. The Kier molecular flexibility index (Phi) is 8.60. The minimum atomic E-state index is -0.980. The van der Waals surface area contributed by atoms with Crippen molar-refractivity contribution in [2.24, 2.45) is 0 Å². The van der Waals surface area contributed by atoms with Crippen molar-refractivity contribution in [1.82, 2.24) is 34.5 Å². The molecule has 2 N–H and O–H groups in total. The van der Waals surface area contributed by atoms with Crippen LogP contribution in [0.5, 0.6) is 6.01 Å². The second-order valence-corrected chi connectivity index (χ2v) is 15.4. The monoisotopic (exact) mass is 770 g/mol. The van der Waals surface area contributed by atoms with E-state index < -0.39 is 29.4 Å². The van der Waals surface area contributed by atoms with Crippen LogP contribution in [-0.2, 0) is 0 Å². The third-order valence-corrected chi connectivity index (χ3v) is 12.1. The van der Waals surface area contributed by atoms with E-state index in [1.807, 2.05) is 17.9 Å². The van der Waals surface area contributed by atoms with Gasteiger partial charge >= 0.3 is 12.0 Å². The highest BCUT2D eigenvalue weighted by Crippen LogP contribution is 2.46. The Morgan fingerprint density at radius 1 is 1.27 bits per heavy atom. The van der Waals surface area contributed by atoms with Gasteiger partial charge in [0.2, 0.25) is 5.28 Å². The molecule has 1 amide bonds. The summed E-state index contributed by atoms with van der Waals surface area (Å²) in [6, 6.07) is 5.04. The number of fused-ring (bicyclic) bond motifs is 3. The first kappa shape index (κ1) is 34.6. The van der Waals surface area contributed by atoms with Crippen molar-refractivity contribution < 1.29 is 22.7 Å². The number of nitriles is 1. The fourth-order valence-corrected chi connectivity index (χ4v) is 9.45. The van der Waals surface area contributed by atoms with Crippen molar-refractivity contribution in [3.63, 3.8) is 0 Å². The van der Waals surface area contributed by atoms with Crippen molar-refractivity contribution in [2.75, 3.05) is 43.9 Å². The zero-order valence-corrected chi connectivity index (χ0v) is 30.2. The Hall–Kier alpha value is -4.43. The van der Waals surface area contributed by atoms with Gasteiger partial charge in [0.05, 0.1) is 26.9 Å². The molecule has 18 heteroatoms. The number of nitrogens with two attached hydrogens (primary N) is 1. The van der Waals surface area contributed by atoms with E-state index in [4.69, 9.17) is 38.7 Å². The number of anilines is 2. The molecule has 2 unspecified atom stereocenters. The number of rotatable bonds is 6. The highest BCUT2D eigenvalue weighted by Gasteiger charge is 2.49. The number of likely N-dealkylation sites (N-methyl/N-ethyl adjacent to an activating group) is 1. The Morgan fingerprint density at radius 2 is 2.08 bits per heavy atom. The second kappa shape index (κ2) is 12.9. The summed E-state index contributed by atoms with van der Waals surface area (Å²) in [4.78, 5) is 32.0. The molecule has 0 radical (unpaired) electrons. The van der Waals surface area contributed by atoms with Gasteiger partial charge in [0.25, 0.3) is 0 Å². The summed E-state index contributed by atoms with van der Waals surface area (Å²) in [5, 5.41) is 14.3. The Morgan fingerprint density at radius 3 is 2.83 bits per heavy atom. The van der Waals surface area contributed by atoms with Crippen molar-refractivity contribution >= 4 is 72.4 Å². The summed E-state index contributed by atoms with van der Waals surface area (Å²) in [5.74, 6) is -1.11. The van der Waals surface area contributed by atoms with Gasteiger partial charge < -0.3 is 20.3 Å². The summed E-state index contributed by atoms with van der Waals surface area (Å²) in [6.45, 7) is 3.45. The Labute approximate surface area is 309 Å². The Bertz CT molecular complexity index is 2320. The lowest BCUT2D eigenvalue weighted by Crippen LogP contribution is -2.43. The molecule has 0 aliphatic carbocycles. The van der Waals surface area contributed by atoms with E-state index in [-0.39, 0.29) is 77.7 Å². The molecule has 3 aliphatic heterocycles. The zero-order valence-electron chi connectivity index (χ0n) is 27.9. The number of thiophene rings is 1.